The van der Waals surface area contributed by atoms with Crippen molar-refractivity contribution < 1.29 is 43.8 Å². The molecule has 4 atom stereocenters. The SMILES string of the molecule is CC(C)(ON=C(C(=O)N[C@@H]1C(=O)N2[C@@H]1CS[C@@H]1CC(=O)O[C@]12C(=O)O)c1csc(N)n1)C(=O)O. The molecule has 0 saturated carbocycles. The van der Waals surface area contributed by atoms with Crippen molar-refractivity contribution in [2.24, 2.45) is 5.16 Å². The second kappa shape index (κ2) is 8.12. The third-order valence-corrected chi connectivity index (χ3v) is 7.65. The zero-order valence-electron chi connectivity index (χ0n) is 17.7. The Bertz CT molecular complexity index is 1130. The fourth-order valence-corrected chi connectivity index (χ4v) is 5.80. The molecule has 182 valence electrons. The number of carbonyl (C=O) groups is 5. The Morgan fingerprint density at radius 1 is 1.38 bits per heavy atom. The Morgan fingerprint density at radius 2 is 2.09 bits per heavy atom. The number of carboxylic acids is 2. The van der Waals surface area contributed by atoms with Gasteiger partial charge >= 0.3 is 17.9 Å². The van der Waals surface area contributed by atoms with E-state index in [9.17, 15) is 34.2 Å². The summed E-state index contributed by atoms with van der Waals surface area (Å²) >= 11 is 2.17. The summed E-state index contributed by atoms with van der Waals surface area (Å²) in [6.07, 6.45) is -0.150. The Hall–Kier alpha value is -3.40. The van der Waals surface area contributed by atoms with E-state index in [-0.39, 0.29) is 23.0 Å². The van der Waals surface area contributed by atoms with Gasteiger partial charge in [0, 0.05) is 11.1 Å². The lowest BCUT2D eigenvalue weighted by molar-refractivity contribution is -0.213. The van der Waals surface area contributed by atoms with Gasteiger partial charge in [-0.15, -0.1) is 23.1 Å². The van der Waals surface area contributed by atoms with Crippen LogP contribution in [0.5, 0.6) is 0 Å². The van der Waals surface area contributed by atoms with Crippen LogP contribution in [0.2, 0.25) is 0 Å². The monoisotopic (exact) mass is 513 g/mol. The number of aromatic nitrogens is 1. The van der Waals surface area contributed by atoms with Gasteiger partial charge in [0.2, 0.25) is 5.60 Å². The first-order valence-corrected chi connectivity index (χ1v) is 11.7. The first-order valence-electron chi connectivity index (χ1n) is 9.80. The van der Waals surface area contributed by atoms with E-state index in [1.807, 2.05) is 0 Å². The highest BCUT2D eigenvalue weighted by atomic mass is 32.2. The second-order valence-corrected chi connectivity index (χ2v) is 10.3. The summed E-state index contributed by atoms with van der Waals surface area (Å²) in [5.41, 5.74) is 1.30. The molecule has 0 aliphatic carbocycles. The minimum atomic E-state index is -2.13. The first-order chi connectivity index (χ1) is 15.9. The number of fused-ring (bicyclic) bond motifs is 3. The molecule has 0 radical (unpaired) electrons. The molecule has 1 aromatic rings. The van der Waals surface area contributed by atoms with Gasteiger partial charge in [-0.3, -0.25) is 19.3 Å². The van der Waals surface area contributed by atoms with E-state index in [2.05, 4.69) is 15.5 Å². The summed E-state index contributed by atoms with van der Waals surface area (Å²) in [6, 6.07) is -1.90. The molecule has 16 heteroatoms. The smallest absolute Gasteiger partial charge is 0.371 e. The quantitative estimate of drug-likeness (QED) is 0.147. The van der Waals surface area contributed by atoms with E-state index in [0.29, 0.717) is 0 Å². The van der Waals surface area contributed by atoms with Crippen molar-refractivity contribution in [2.45, 2.75) is 48.9 Å². The van der Waals surface area contributed by atoms with Crippen LogP contribution in [0, 0.1) is 0 Å². The summed E-state index contributed by atoms with van der Waals surface area (Å²) in [7, 11) is 0. The lowest BCUT2D eigenvalue weighted by atomic mass is 9.89. The molecule has 4 rings (SSSR count). The fraction of sp³-hybridized carbons (Fsp3) is 0.500. The number of esters is 1. The number of carboxylic acid groups (broad SMARTS) is 2. The molecule has 4 heterocycles. The number of ether oxygens (including phenoxy) is 1. The first kappa shape index (κ1) is 23.7. The molecule has 0 bridgehead atoms. The highest BCUT2D eigenvalue weighted by Gasteiger charge is 2.71. The number of nitrogen functional groups attached to an aromatic ring is 1. The zero-order chi connectivity index (χ0) is 25.0. The van der Waals surface area contributed by atoms with Gasteiger partial charge in [0.15, 0.2) is 10.8 Å². The standard InChI is InChI=1S/C18H19N5O9S2/c1-17(2,14(27)28)32-22-10(6-4-34-16(19)20-6)12(25)21-11-7-5-33-8-3-9(24)31-18(8,15(29)30)23(7)13(11)26/h4,7-8,11H,3,5H2,1-2H3,(H2,19,20)(H,21,25)(H,27,28)(H,29,30)/t7-,8-,11+,18+/m1/s1. The number of nitrogens with one attached hydrogen (secondary N) is 1. The number of hydrogen-bond acceptors (Lipinski definition) is 12. The average molecular weight is 514 g/mol. The summed E-state index contributed by atoms with van der Waals surface area (Å²) < 4.78 is 5.10. The molecular weight excluding hydrogens is 494 g/mol. The van der Waals surface area contributed by atoms with E-state index in [1.54, 1.807) is 0 Å². The van der Waals surface area contributed by atoms with Crippen molar-refractivity contribution in [3.05, 3.63) is 11.1 Å². The molecule has 0 aromatic carbocycles. The normalized spacial score (nSPS) is 28.4. The third-order valence-electron chi connectivity index (χ3n) is 5.56. The van der Waals surface area contributed by atoms with Gasteiger partial charge in [-0.2, -0.15) is 0 Å². The van der Waals surface area contributed by atoms with E-state index in [4.69, 9.17) is 15.3 Å². The molecule has 0 unspecified atom stereocenters. The van der Waals surface area contributed by atoms with Crippen molar-refractivity contribution in [2.75, 3.05) is 11.5 Å². The van der Waals surface area contributed by atoms with Crippen LogP contribution in [0.15, 0.2) is 10.5 Å². The zero-order valence-corrected chi connectivity index (χ0v) is 19.3. The molecule has 0 spiro atoms. The number of oxime groups is 1. The van der Waals surface area contributed by atoms with Crippen molar-refractivity contribution in [1.29, 1.82) is 0 Å². The number of carbonyl (C=O) groups excluding carboxylic acids is 3. The number of nitrogens with two attached hydrogens (primary N) is 1. The van der Waals surface area contributed by atoms with E-state index in [1.165, 1.54) is 31.0 Å². The number of anilines is 1. The van der Waals surface area contributed by atoms with Crippen LogP contribution < -0.4 is 11.1 Å². The molecule has 3 aliphatic heterocycles. The molecule has 5 N–H and O–H groups in total. The number of aliphatic carboxylic acids is 2. The van der Waals surface area contributed by atoms with Gasteiger partial charge in [0.1, 0.15) is 11.7 Å². The van der Waals surface area contributed by atoms with Crippen LogP contribution in [0.25, 0.3) is 0 Å². The van der Waals surface area contributed by atoms with E-state index >= 15 is 0 Å². The van der Waals surface area contributed by atoms with E-state index in [0.717, 1.165) is 16.2 Å². The van der Waals surface area contributed by atoms with Gasteiger partial charge < -0.3 is 30.8 Å². The Balaban J connectivity index is 1.57. The molecule has 3 fully saturated rings. The Kier molecular flexibility index (Phi) is 5.67. The number of rotatable bonds is 7. The number of nitrogens with zero attached hydrogens (tertiary/aromatic N) is 3. The predicted octanol–water partition coefficient (Wildman–Crippen LogP) is -1.15. The molecule has 2 amide bonds. The molecule has 3 aliphatic rings. The molecular formula is C18H19N5O9S2. The molecule has 34 heavy (non-hydrogen) atoms. The summed E-state index contributed by atoms with van der Waals surface area (Å²) in [5, 5.41) is 25.9. The van der Waals surface area contributed by atoms with Gasteiger partial charge in [-0.1, -0.05) is 5.16 Å². The lowest BCUT2D eigenvalue weighted by Gasteiger charge is -2.56. The lowest BCUT2D eigenvalue weighted by Crippen LogP contribution is -2.82. The average Bonchev–Trinajstić information content (AvgIpc) is 3.33. The predicted molar refractivity (Wildman–Crippen MR) is 116 cm³/mol. The maximum atomic E-state index is 13.0. The summed E-state index contributed by atoms with van der Waals surface area (Å²) in [6.45, 7) is 2.45. The van der Waals surface area contributed by atoms with Crippen LogP contribution in [0.1, 0.15) is 26.0 Å². The van der Waals surface area contributed by atoms with Gasteiger partial charge in [-0.25, -0.2) is 14.6 Å². The van der Waals surface area contributed by atoms with Crippen LogP contribution in [0.4, 0.5) is 5.13 Å². The summed E-state index contributed by atoms with van der Waals surface area (Å²) in [4.78, 5) is 71.1. The molecule has 3 saturated heterocycles. The fourth-order valence-electron chi connectivity index (χ4n) is 3.74. The van der Waals surface area contributed by atoms with Gasteiger partial charge in [-0.05, 0) is 13.8 Å². The number of thiazole rings is 1. The van der Waals surface area contributed by atoms with Crippen molar-refractivity contribution in [3.63, 3.8) is 0 Å². The minimum Gasteiger partial charge on any atom is -0.478 e. The van der Waals surface area contributed by atoms with Crippen molar-refractivity contribution in [1.82, 2.24) is 15.2 Å². The van der Waals surface area contributed by atoms with E-state index < -0.39 is 64.1 Å². The number of amides is 2. The maximum Gasteiger partial charge on any atom is 0.371 e. The highest BCUT2D eigenvalue weighted by molar-refractivity contribution is 8.00. The van der Waals surface area contributed by atoms with Crippen LogP contribution in [0.3, 0.4) is 0 Å². The molecule has 1 aromatic heterocycles. The number of thioether (sulfide) groups is 1. The summed E-state index contributed by atoms with van der Waals surface area (Å²) in [5.74, 6) is -4.93. The maximum absolute atomic E-state index is 13.0. The number of hydrogen-bond donors (Lipinski definition) is 4. The largest absolute Gasteiger partial charge is 0.478 e. The topological polar surface area (TPSA) is 211 Å². The van der Waals surface area contributed by atoms with Gasteiger partial charge in [0.05, 0.1) is 17.7 Å². The van der Waals surface area contributed by atoms with Crippen molar-refractivity contribution >= 4 is 63.7 Å². The van der Waals surface area contributed by atoms with Crippen LogP contribution in [-0.4, -0.2) is 89.9 Å². The van der Waals surface area contributed by atoms with Crippen LogP contribution in [-0.2, 0) is 33.5 Å². The highest BCUT2D eigenvalue weighted by Crippen LogP contribution is 2.49. The van der Waals surface area contributed by atoms with Crippen molar-refractivity contribution in [3.8, 4) is 0 Å². The Labute approximate surface area is 199 Å². The number of β-lactam (4-membered cyclic amide) rings is 1. The molecule has 14 nitrogen and oxygen atoms in total. The Morgan fingerprint density at radius 3 is 2.68 bits per heavy atom. The van der Waals surface area contributed by atoms with Crippen LogP contribution >= 0.6 is 23.1 Å². The second-order valence-electron chi connectivity index (χ2n) is 8.15. The minimum absolute atomic E-state index is 0.00497. The van der Waals surface area contributed by atoms with Gasteiger partial charge in [0.25, 0.3) is 17.5 Å². The third kappa shape index (κ3) is 3.62.